The number of hydrogen-bond donors (Lipinski definition) is 5. The lowest BCUT2D eigenvalue weighted by Gasteiger charge is -2.29. The van der Waals surface area contributed by atoms with E-state index in [1.807, 2.05) is 0 Å². The first-order chi connectivity index (χ1) is 25.4. The highest BCUT2D eigenvalue weighted by atomic mass is 16.5. The second-order valence-corrected chi connectivity index (χ2v) is 14.5. The first kappa shape index (κ1) is 38.8. The Morgan fingerprint density at radius 1 is 1.00 bits per heavy atom. The molecule has 1 fully saturated rings. The van der Waals surface area contributed by atoms with E-state index in [1.165, 1.54) is 11.1 Å². The number of methoxy groups -OCH3 is 1. The lowest BCUT2D eigenvalue weighted by atomic mass is 10.0. The average molecular weight is 730 g/mol. The molecule has 1 aliphatic carbocycles. The molecule has 14 heteroatoms. The number of benzene rings is 2. The Bertz CT molecular complexity index is 1740. The van der Waals surface area contributed by atoms with Crippen LogP contribution in [0.3, 0.4) is 0 Å². The van der Waals surface area contributed by atoms with E-state index in [9.17, 15) is 24.0 Å². The van der Waals surface area contributed by atoms with Gasteiger partial charge in [-0.1, -0.05) is 38.1 Å². The standard InChI is InChI=1S/C39H51N7O7/c1-23(2)16-29-22-53-31-14-10-27(11-15-31)18-33(45-38(50)34-19-40-25(4)42-34)37(49)44-32(17-26-8-12-30(52-5)13-9-26)36(48)41-24(3)39(51)46(20-28-6-7-28)21-35(47)43-29/h8-15,19,23-24,28-29,32-33H,6-7,16-18,20-22H2,1-5H3,(H,40,42)(H,41,48)(H,43,47)(H,44,49)(H,45,50)/t24-,29+,32+,33+/m1/s1. The molecule has 3 heterocycles. The molecule has 5 N–H and O–H groups in total. The molecule has 3 aromatic rings. The maximum absolute atomic E-state index is 14.1. The van der Waals surface area contributed by atoms with Gasteiger partial charge in [0.05, 0.1) is 25.9 Å². The molecule has 2 bridgehead atoms. The number of hydrogen-bond acceptors (Lipinski definition) is 8. The van der Waals surface area contributed by atoms with Gasteiger partial charge in [-0.15, -0.1) is 0 Å². The number of aryl methyl sites for hydroxylation is 1. The van der Waals surface area contributed by atoms with Crippen molar-refractivity contribution in [3.8, 4) is 11.5 Å². The maximum atomic E-state index is 14.1. The number of carbonyl (C=O) groups is 5. The second-order valence-electron chi connectivity index (χ2n) is 14.5. The number of ether oxygens (including phenoxy) is 2. The number of amides is 5. The first-order valence-electron chi connectivity index (χ1n) is 18.2. The van der Waals surface area contributed by atoms with Crippen LogP contribution in [0.1, 0.15) is 67.5 Å². The van der Waals surface area contributed by atoms with Gasteiger partial charge in [0.15, 0.2) is 0 Å². The lowest BCUT2D eigenvalue weighted by Crippen LogP contribution is -2.58. The number of aromatic nitrogens is 2. The quantitative estimate of drug-likeness (QED) is 0.208. The summed E-state index contributed by atoms with van der Waals surface area (Å²) in [5, 5.41) is 11.5. The van der Waals surface area contributed by atoms with E-state index in [0.29, 0.717) is 30.3 Å². The fourth-order valence-electron chi connectivity index (χ4n) is 6.29. The van der Waals surface area contributed by atoms with E-state index >= 15 is 0 Å². The predicted molar refractivity (Wildman–Crippen MR) is 197 cm³/mol. The highest BCUT2D eigenvalue weighted by molar-refractivity contribution is 5.98. The van der Waals surface area contributed by atoms with Gasteiger partial charge >= 0.3 is 0 Å². The maximum Gasteiger partial charge on any atom is 0.270 e. The number of H-pyrrole nitrogens is 1. The van der Waals surface area contributed by atoms with E-state index in [1.54, 1.807) is 69.5 Å². The molecule has 5 amide bonds. The van der Waals surface area contributed by atoms with Crippen LogP contribution in [0, 0.1) is 18.8 Å². The van der Waals surface area contributed by atoms with Crippen molar-refractivity contribution < 1.29 is 33.4 Å². The third-order valence-electron chi connectivity index (χ3n) is 9.29. The number of nitrogens with zero attached hydrogens (tertiary/aromatic N) is 2. The molecule has 53 heavy (non-hydrogen) atoms. The molecule has 2 aliphatic heterocycles. The van der Waals surface area contributed by atoms with E-state index in [-0.39, 0.29) is 55.5 Å². The van der Waals surface area contributed by atoms with Crippen LogP contribution in [0.5, 0.6) is 11.5 Å². The fourth-order valence-corrected chi connectivity index (χ4v) is 6.29. The van der Waals surface area contributed by atoms with Crippen LogP contribution in [0.25, 0.3) is 0 Å². The monoisotopic (exact) mass is 729 g/mol. The summed E-state index contributed by atoms with van der Waals surface area (Å²) < 4.78 is 11.4. The number of carbonyl (C=O) groups excluding carboxylic acids is 5. The Hall–Kier alpha value is -5.40. The van der Waals surface area contributed by atoms with Crippen molar-refractivity contribution in [2.24, 2.45) is 11.8 Å². The molecule has 1 saturated carbocycles. The van der Waals surface area contributed by atoms with Gasteiger partial charge < -0.3 is 40.6 Å². The molecule has 0 saturated heterocycles. The molecule has 4 atom stereocenters. The van der Waals surface area contributed by atoms with Crippen molar-refractivity contribution in [3.05, 3.63) is 77.4 Å². The molecule has 2 aromatic carbocycles. The molecule has 3 aliphatic rings. The Balaban J connectivity index is 1.47. The van der Waals surface area contributed by atoms with Gasteiger partial charge in [0.2, 0.25) is 23.6 Å². The predicted octanol–water partition coefficient (Wildman–Crippen LogP) is 2.46. The zero-order chi connectivity index (χ0) is 38.1. The van der Waals surface area contributed by atoms with Gasteiger partial charge in [-0.2, -0.15) is 0 Å². The van der Waals surface area contributed by atoms with Crippen molar-refractivity contribution in [1.29, 1.82) is 0 Å². The summed E-state index contributed by atoms with van der Waals surface area (Å²) >= 11 is 0. The van der Waals surface area contributed by atoms with Crippen LogP contribution >= 0.6 is 0 Å². The summed E-state index contributed by atoms with van der Waals surface area (Å²) in [6, 6.07) is 10.7. The van der Waals surface area contributed by atoms with Crippen molar-refractivity contribution >= 4 is 29.5 Å². The summed E-state index contributed by atoms with van der Waals surface area (Å²) in [4.78, 5) is 77.2. The zero-order valence-corrected chi connectivity index (χ0v) is 31.1. The molecule has 0 radical (unpaired) electrons. The van der Waals surface area contributed by atoms with Crippen LogP contribution in [-0.2, 0) is 32.0 Å². The number of fused-ring (bicyclic) bond motifs is 17. The summed E-state index contributed by atoms with van der Waals surface area (Å²) in [5.41, 5.74) is 1.64. The Morgan fingerprint density at radius 3 is 2.34 bits per heavy atom. The minimum Gasteiger partial charge on any atom is -0.497 e. The highest BCUT2D eigenvalue weighted by Gasteiger charge is 2.34. The average Bonchev–Trinajstić information content (AvgIpc) is 3.84. The van der Waals surface area contributed by atoms with E-state index in [4.69, 9.17) is 9.47 Å². The number of rotatable bonds is 9. The van der Waals surface area contributed by atoms with Crippen LogP contribution in [-0.4, -0.2) is 95.4 Å². The van der Waals surface area contributed by atoms with Gasteiger partial charge in [-0.25, -0.2) is 4.98 Å². The summed E-state index contributed by atoms with van der Waals surface area (Å²) in [5.74, 6) is -0.139. The highest BCUT2D eigenvalue weighted by Crippen LogP contribution is 2.30. The number of nitrogens with one attached hydrogen (secondary N) is 5. The third-order valence-corrected chi connectivity index (χ3v) is 9.29. The minimum absolute atomic E-state index is 0.0837. The lowest BCUT2D eigenvalue weighted by molar-refractivity contribution is -0.140. The molecule has 6 rings (SSSR count). The fraction of sp³-hybridized carbons (Fsp3) is 0.487. The number of aromatic amines is 1. The third kappa shape index (κ3) is 11.5. The molecular formula is C39H51N7O7. The van der Waals surface area contributed by atoms with Gasteiger partial charge in [0.1, 0.15) is 47.7 Å². The topological polar surface area (TPSA) is 184 Å². The molecule has 284 valence electrons. The van der Waals surface area contributed by atoms with Crippen molar-refractivity contribution in [1.82, 2.24) is 36.1 Å². The SMILES string of the molecule is COc1ccc(C[C@@H]2NC(=O)[C@@H](NC(=O)c3cnc(C)[nH]3)Cc3ccc(cc3)OC[C@H](CC(C)C)NC(=O)CN(CC3CC3)C(=O)[C@@H](C)NC2=O)cc1. The van der Waals surface area contributed by atoms with Gasteiger partial charge in [-0.05, 0) is 80.3 Å². The van der Waals surface area contributed by atoms with Gasteiger partial charge in [0.25, 0.3) is 5.91 Å². The summed E-state index contributed by atoms with van der Waals surface area (Å²) in [6.45, 7) is 7.86. The van der Waals surface area contributed by atoms with E-state index in [2.05, 4.69) is 45.1 Å². The molecule has 0 unspecified atom stereocenters. The van der Waals surface area contributed by atoms with Crippen LogP contribution in [0.2, 0.25) is 0 Å². The normalized spacial score (nSPS) is 22.0. The molecule has 1 aromatic heterocycles. The smallest absolute Gasteiger partial charge is 0.270 e. The molecular weight excluding hydrogens is 678 g/mol. The first-order valence-corrected chi connectivity index (χ1v) is 18.2. The van der Waals surface area contributed by atoms with Crippen LogP contribution in [0.4, 0.5) is 0 Å². The van der Waals surface area contributed by atoms with Crippen LogP contribution in [0.15, 0.2) is 54.7 Å². The second kappa shape index (κ2) is 17.9. The van der Waals surface area contributed by atoms with Gasteiger partial charge in [0, 0.05) is 19.4 Å². The van der Waals surface area contributed by atoms with Crippen molar-refractivity contribution in [2.75, 3.05) is 26.8 Å². The minimum atomic E-state index is -1.13. The van der Waals surface area contributed by atoms with Crippen molar-refractivity contribution in [3.63, 3.8) is 0 Å². The summed E-state index contributed by atoms with van der Waals surface area (Å²) in [7, 11) is 1.55. The zero-order valence-electron chi connectivity index (χ0n) is 31.1. The number of imidazole rings is 1. The van der Waals surface area contributed by atoms with Crippen molar-refractivity contribution in [2.45, 2.75) is 84.0 Å². The Morgan fingerprint density at radius 2 is 1.72 bits per heavy atom. The Labute approximate surface area is 310 Å². The Kier molecular flexibility index (Phi) is 13.1. The van der Waals surface area contributed by atoms with E-state index in [0.717, 1.165) is 24.0 Å². The molecule has 0 spiro atoms. The largest absolute Gasteiger partial charge is 0.497 e. The molecule has 14 nitrogen and oxygen atoms in total. The van der Waals surface area contributed by atoms with Gasteiger partial charge in [-0.3, -0.25) is 24.0 Å². The summed E-state index contributed by atoms with van der Waals surface area (Å²) in [6.07, 6.45) is 4.15. The van der Waals surface area contributed by atoms with E-state index < -0.39 is 41.8 Å². The van der Waals surface area contributed by atoms with Crippen LogP contribution < -0.4 is 30.7 Å².